The number of benzene rings is 2. The molecule has 5 heteroatoms. The number of hydrogen-bond donors (Lipinski definition) is 0. The first-order valence-electron chi connectivity index (χ1n) is 15.7. The van der Waals surface area contributed by atoms with E-state index < -0.39 is 0 Å². The Morgan fingerprint density at radius 3 is 1.34 bits per heavy atom. The maximum Gasteiger partial charge on any atom is 0.150 e. The monoisotopic (exact) mass is 602 g/mol. The standard InChI is InChI=1S/C36H52Cl2O3/c37-25-15-11-7-3-1-5-9-13-19-33-21-17-23-35(27-33)29-39-31-41-32-40-30-36-24-18-22-34(28-36)20-14-10-6-2-4-8-12-16-26-38/h13-14,17-24,27-28H,1-12,15-16,25-26,29-32H2. The summed E-state index contributed by atoms with van der Waals surface area (Å²) in [5, 5.41) is 0. The number of unbranched alkanes of at least 4 members (excludes halogenated alkanes) is 12. The molecule has 3 nitrogen and oxygen atoms in total. The Morgan fingerprint density at radius 1 is 0.488 bits per heavy atom. The van der Waals surface area contributed by atoms with Gasteiger partial charge >= 0.3 is 0 Å². The minimum absolute atomic E-state index is 0.209. The molecule has 0 N–H and O–H groups in total. The van der Waals surface area contributed by atoms with Crippen LogP contribution in [0.5, 0.6) is 0 Å². The lowest BCUT2D eigenvalue weighted by atomic mass is 10.1. The van der Waals surface area contributed by atoms with Gasteiger partial charge in [-0.15, -0.1) is 23.2 Å². The quantitative estimate of drug-likeness (QED) is 0.0608. The summed E-state index contributed by atoms with van der Waals surface area (Å²) in [6.45, 7) is 1.46. The number of alkyl halides is 2. The fourth-order valence-corrected chi connectivity index (χ4v) is 4.99. The van der Waals surface area contributed by atoms with Crippen LogP contribution in [0.4, 0.5) is 0 Å². The molecule has 0 fully saturated rings. The van der Waals surface area contributed by atoms with Gasteiger partial charge in [0, 0.05) is 11.8 Å². The molecule has 0 bridgehead atoms. The molecule has 2 rings (SSSR count). The fraction of sp³-hybridized carbons (Fsp3) is 0.556. The van der Waals surface area contributed by atoms with Crippen LogP contribution in [-0.4, -0.2) is 25.3 Å². The van der Waals surface area contributed by atoms with Crippen LogP contribution in [0.15, 0.2) is 60.7 Å². The van der Waals surface area contributed by atoms with Crippen LogP contribution in [0.3, 0.4) is 0 Å². The molecule has 0 aromatic heterocycles. The smallest absolute Gasteiger partial charge is 0.150 e. The Kier molecular flexibility index (Phi) is 22.6. The highest BCUT2D eigenvalue weighted by Crippen LogP contribution is 2.13. The number of rotatable bonds is 26. The molecule has 0 saturated heterocycles. The Hall–Kier alpha value is -1.62. The lowest BCUT2D eigenvalue weighted by Crippen LogP contribution is -2.05. The van der Waals surface area contributed by atoms with Gasteiger partial charge in [0.15, 0.2) is 0 Å². The van der Waals surface area contributed by atoms with Crippen molar-refractivity contribution in [2.24, 2.45) is 0 Å². The van der Waals surface area contributed by atoms with E-state index >= 15 is 0 Å². The van der Waals surface area contributed by atoms with Crippen molar-refractivity contribution < 1.29 is 14.2 Å². The summed E-state index contributed by atoms with van der Waals surface area (Å²) >= 11 is 11.5. The molecule has 0 radical (unpaired) electrons. The van der Waals surface area contributed by atoms with Gasteiger partial charge in [-0.05, 0) is 72.9 Å². The molecular weight excluding hydrogens is 551 g/mol. The Balaban J connectivity index is 1.51. The highest BCUT2D eigenvalue weighted by molar-refractivity contribution is 6.18. The molecule has 2 aromatic rings. The zero-order valence-electron chi connectivity index (χ0n) is 25.1. The summed E-state index contributed by atoms with van der Waals surface area (Å²) in [5.74, 6) is 1.58. The molecule has 0 atom stereocenters. The topological polar surface area (TPSA) is 27.7 Å². The number of ether oxygens (including phenoxy) is 3. The highest BCUT2D eigenvalue weighted by atomic mass is 35.5. The van der Waals surface area contributed by atoms with Gasteiger partial charge in [-0.3, -0.25) is 0 Å². The van der Waals surface area contributed by atoms with E-state index in [1.54, 1.807) is 0 Å². The van der Waals surface area contributed by atoms with Gasteiger partial charge in [0.1, 0.15) is 13.6 Å². The van der Waals surface area contributed by atoms with Gasteiger partial charge in [0.25, 0.3) is 0 Å². The Labute approximate surface area is 260 Å². The minimum atomic E-state index is 0.209. The second kappa shape index (κ2) is 26.0. The van der Waals surface area contributed by atoms with Gasteiger partial charge in [-0.2, -0.15) is 0 Å². The summed E-state index contributed by atoms with van der Waals surface area (Å²) in [5.41, 5.74) is 4.71. The molecule has 0 amide bonds. The Bertz CT molecular complexity index is 868. The van der Waals surface area contributed by atoms with Crippen LogP contribution in [0, 0.1) is 0 Å². The predicted octanol–water partition coefficient (Wildman–Crippen LogP) is 11.3. The Morgan fingerprint density at radius 2 is 0.902 bits per heavy atom. The zero-order chi connectivity index (χ0) is 29.1. The van der Waals surface area contributed by atoms with Crippen molar-refractivity contribution >= 4 is 35.4 Å². The van der Waals surface area contributed by atoms with Gasteiger partial charge in [0.2, 0.25) is 0 Å². The van der Waals surface area contributed by atoms with Crippen molar-refractivity contribution in [3.8, 4) is 0 Å². The van der Waals surface area contributed by atoms with E-state index in [0.29, 0.717) is 13.2 Å². The largest absolute Gasteiger partial charge is 0.351 e. The third-order valence-electron chi connectivity index (χ3n) is 6.90. The van der Waals surface area contributed by atoms with Crippen LogP contribution >= 0.6 is 23.2 Å². The van der Waals surface area contributed by atoms with E-state index in [-0.39, 0.29) is 13.6 Å². The summed E-state index contributed by atoms with van der Waals surface area (Å²) in [7, 11) is 0. The van der Waals surface area contributed by atoms with Crippen molar-refractivity contribution in [2.75, 3.05) is 25.3 Å². The molecule has 0 saturated carbocycles. The van der Waals surface area contributed by atoms with Crippen molar-refractivity contribution in [1.29, 1.82) is 0 Å². The summed E-state index contributed by atoms with van der Waals surface area (Å²) < 4.78 is 16.9. The molecule has 41 heavy (non-hydrogen) atoms. The van der Waals surface area contributed by atoms with Gasteiger partial charge in [0.05, 0.1) is 13.2 Å². The number of hydrogen-bond acceptors (Lipinski definition) is 3. The lowest BCUT2D eigenvalue weighted by Gasteiger charge is -2.08. The van der Waals surface area contributed by atoms with E-state index in [9.17, 15) is 0 Å². The number of halogens is 2. The molecule has 0 aliphatic rings. The first-order valence-corrected chi connectivity index (χ1v) is 16.7. The fourth-order valence-electron chi connectivity index (χ4n) is 4.61. The SMILES string of the molecule is ClCCCCCCCCC=Cc1cccc(COCOCOCc2cccc(C=CCCCCCCCCCl)c2)c1. The molecule has 0 aliphatic heterocycles. The first-order chi connectivity index (χ1) is 20.3. The van der Waals surface area contributed by atoms with Gasteiger partial charge in [-0.25, -0.2) is 0 Å². The molecule has 0 heterocycles. The second-order valence-corrected chi connectivity index (χ2v) is 11.4. The molecule has 0 unspecified atom stereocenters. The zero-order valence-corrected chi connectivity index (χ0v) is 26.6. The van der Waals surface area contributed by atoms with Crippen molar-refractivity contribution in [3.63, 3.8) is 0 Å². The van der Waals surface area contributed by atoms with Crippen LogP contribution in [0.2, 0.25) is 0 Å². The first kappa shape index (κ1) is 35.6. The van der Waals surface area contributed by atoms with Crippen LogP contribution in [-0.2, 0) is 27.4 Å². The third-order valence-corrected chi connectivity index (χ3v) is 7.44. The van der Waals surface area contributed by atoms with Crippen LogP contribution in [0.1, 0.15) is 112 Å². The molecular formula is C36H52Cl2O3. The molecule has 2 aromatic carbocycles. The van der Waals surface area contributed by atoms with E-state index in [1.807, 2.05) is 0 Å². The summed E-state index contributed by atoms with van der Waals surface area (Å²) in [4.78, 5) is 0. The van der Waals surface area contributed by atoms with E-state index in [2.05, 4.69) is 72.8 Å². The third kappa shape index (κ3) is 20.0. The van der Waals surface area contributed by atoms with Crippen LogP contribution in [0.25, 0.3) is 12.2 Å². The molecule has 228 valence electrons. The van der Waals surface area contributed by atoms with Gasteiger partial charge in [-0.1, -0.05) is 112 Å². The van der Waals surface area contributed by atoms with Crippen LogP contribution < -0.4 is 0 Å². The molecule has 0 spiro atoms. The number of allylic oxidation sites excluding steroid dienone is 2. The minimum Gasteiger partial charge on any atom is -0.351 e. The lowest BCUT2D eigenvalue weighted by molar-refractivity contribution is -0.139. The second-order valence-electron chi connectivity index (χ2n) is 10.6. The summed E-state index contributed by atoms with van der Waals surface area (Å²) in [6, 6.07) is 16.9. The van der Waals surface area contributed by atoms with E-state index in [0.717, 1.165) is 48.6 Å². The average Bonchev–Trinajstić information content (AvgIpc) is 2.99. The predicted molar refractivity (Wildman–Crippen MR) is 177 cm³/mol. The maximum absolute atomic E-state index is 5.73. The molecule has 0 aliphatic carbocycles. The van der Waals surface area contributed by atoms with E-state index in [4.69, 9.17) is 37.4 Å². The highest BCUT2D eigenvalue weighted by Gasteiger charge is 1.98. The van der Waals surface area contributed by atoms with E-state index in [1.165, 1.54) is 75.3 Å². The van der Waals surface area contributed by atoms with Crippen molar-refractivity contribution in [1.82, 2.24) is 0 Å². The normalized spacial score (nSPS) is 11.8. The summed E-state index contributed by atoms with van der Waals surface area (Å²) in [6.07, 6.45) is 26.4. The van der Waals surface area contributed by atoms with Crippen molar-refractivity contribution in [3.05, 3.63) is 82.9 Å². The maximum atomic E-state index is 5.73. The van der Waals surface area contributed by atoms with Crippen molar-refractivity contribution in [2.45, 2.75) is 103 Å². The average molecular weight is 604 g/mol. The van der Waals surface area contributed by atoms with Gasteiger partial charge < -0.3 is 14.2 Å².